The van der Waals surface area contributed by atoms with Crippen LogP contribution < -0.4 is 10.1 Å². The second-order valence-electron chi connectivity index (χ2n) is 7.75. The zero-order valence-electron chi connectivity index (χ0n) is 15.8. The normalized spacial score (nSPS) is 23.1. The number of thioether (sulfide) groups is 1. The van der Waals surface area contributed by atoms with E-state index in [1.165, 1.54) is 5.56 Å². The molecule has 4 heteroatoms. The van der Waals surface area contributed by atoms with E-state index in [9.17, 15) is 4.79 Å². The van der Waals surface area contributed by atoms with Gasteiger partial charge in [-0.25, -0.2) is 0 Å². The van der Waals surface area contributed by atoms with Crippen molar-refractivity contribution < 1.29 is 9.53 Å². The highest BCUT2D eigenvalue weighted by molar-refractivity contribution is 8.09. The minimum Gasteiger partial charge on any atom is -0.493 e. The molecular weight excluding hydrogens is 318 g/mol. The molecular formula is C20H31NO2S. The Balaban J connectivity index is 2.06. The summed E-state index contributed by atoms with van der Waals surface area (Å²) >= 11 is 1.77. The maximum absolute atomic E-state index is 12.8. The van der Waals surface area contributed by atoms with Crippen molar-refractivity contribution in [3.8, 4) is 5.75 Å². The maximum Gasteiger partial charge on any atom is 0.154 e. The number of hydrogen-bond acceptors (Lipinski definition) is 4. The van der Waals surface area contributed by atoms with Gasteiger partial charge < -0.3 is 10.1 Å². The summed E-state index contributed by atoms with van der Waals surface area (Å²) in [6.45, 7) is 13.3. The van der Waals surface area contributed by atoms with E-state index < -0.39 is 0 Å². The number of ketones is 1. The summed E-state index contributed by atoms with van der Waals surface area (Å²) in [4.78, 5) is 12.8. The fraction of sp³-hybridized carbons (Fsp3) is 0.650. The molecule has 1 aliphatic rings. The zero-order valence-corrected chi connectivity index (χ0v) is 16.6. The Labute approximate surface area is 150 Å². The molecule has 0 aliphatic carbocycles. The predicted molar refractivity (Wildman–Crippen MR) is 103 cm³/mol. The molecule has 0 bridgehead atoms. The molecule has 2 rings (SSSR count). The van der Waals surface area contributed by atoms with Gasteiger partial charge in [0.1, 0.15) is 10.5 Å². The summed E-state index contributed by atoms with van der Waals surface area (Å²) in [6.07, 6.45) is 0.781. The molecule has 1 aliphatic heterocycles. The van der Waals surface area contributed by atoms with Gasteiger partial charge in [-0.05, 0) is 43.9 Å². The Hall–Kier alpha value is -1.00. The molecule has 1 aromatic rings. The van der Waals surface area contributed by atoms with Gasteiger partial charge in [0.2, 0.25) is 0 Å². The van der Waals surface area contributed by atoms with E-state index in [0.717, 1.165) is 18.8 Å². The molecule has 0 amide bonds. The van der Waals surface area contributed by atoms with Crippen LogP contribution in [0.4, 0.5) is 0 Å². The van der Waals surface area contributed by atoms with E-state index in [0.29, 0.717) is 17.7 Å². The number of carbonyl (C=O) groups is 1. The standard InChI is InChI=1S/C20H31NO2S/c1-13(2)12-23-17-9-7-16(8-10-17)11-20(18(22)14(3)4)19(24-20)21-15(5)6/h7-10,13-15,19,21H,11-12H2,1-6H3. The van der Waals surface area contributed by atoms with Gasteiger partial charge in [-0.1, -0.05) is 39.8 Å². The highest BCUT2D eigenvalue weighted by Crippen LogP contribution is 2.56. The molecule has 0 radical (unpaired) electrons. The average molecular weight is 350 g/mol. The lowest BCUT2D eigenvalue weighted by molar-refractivity contribution is -0.123. The molecule has 1 heterocycles. The molecule has 0 saturated carbocycles. The first kappa shape index (κ1) is 19.3. The highest BCUT2D eigenvalue weighted by atomic mass is 32.2. The SMILES string of the molecule is CC(C)COc1ccc(CC2(C(=O)C(C)C)SC2NC(C)C)cc1. The summed E-state index contributed by atoms with van der Waals surface area (Å²) in [5.41, 5.74) is 1.20. The number of Topliss-reactive ketones (excluding diaryl/α,β-unsaturated/α-hetero) is 1. The molecule has 1 fully saturated rings. The Morgan fingerprint density at radius 3 is 2.29 bits per heavy atom. The van der Waals surface area contributed by atoms with Gasteiger partial charge in [0, 0.05) is 12.0 Å². The number of nitrogens with one attached hydrogen (secondary N) is 1. The molecule has 2 unspecified atom stereocenters. The van der Waals surface area contributed by atoms with Crippen molar-refractivity contribution in [2.75, 3.05) is 6.61 Å². The third kappa shape index (κ3) is 4.76. The first-order valence-corrected chi connectivity index (χ1v) is 9.82. The number of benzene rings is 1. The Morgan fingerprint density at radius 1 is 1.17 bits per heavy atom. The van der Waals surface area contributed by atoms with Crippen LogP contribution in [0, 0.1) is 11.8 Å². The Bertz CT molecular complexity index is 553. The van der Waals surface area contributed by atoms with Crippen molar-refractivity contribution in [1.82, 2.24) is 5.32 Å². The smallest absolute Gasteiger partial charge is 0.154 e. The summed E-state index contributed by atoms with van der Waals surface area (Å²) in [6, 6.07) is 8.61. The first-order chi connectivity index (χ1) is 11.2. The van der Waals surface area contributed by atoms with Gasteiger partial charge in [0.15, 0.2) is 5.78 Å². The topological polar surface area (TPSA) is 38.3 Å². The van der Waals surface area contributed by atoms with Crippen LogP contribution in [-0.4, -0.2) is 28.6 Å². The second kappa shape index (κ2) is 7.92. The fourth-order valence-electron chi connectivity index (χ4n) is 2.81. The number of hydrogen-bond donors (Lipinski definition) is 1. The van der Waals surface area contributed by atoms with Crippen molar-refractivity contribution in [3.05, 3.63) is 29.8 Å². The van der Waals surface area contributed by atoms with Gasteiger partial charge in [-0.3, -0.25) is 4.79 Å². The molecule has 0 spiro atoms. The van der Waals surface area contributed by atoms with Crippen LogP contribution in [0.2, 0.25) is 0 Å². The highest BCUT2D eigenvalue weighted by Gasteiger charge is 2.61. The largest absolute Gasteiger partial charge is 0.493 e. The lowest BCUT2D eigenvalue weighted by Crippen LogP contribution is -2.40. The van der Waals surface area contributed by atoms with Crippen molar-refractivity contribution in [1.29, 1.82) is 0 Å². The van der Waals surface area contributed by atoms with Gasteiger partial charge in [0.05, 0.1) is 12.0 Å². The van der Waals surface area contributed by atoms with Gasteiger partial charge in [-0.2, -0.15) is 0 Å². The van der Waals surface area contributed by atoms with Crippen LogP contribution in [0.15, 0.2) is 24.3 Å². The maximum atomic E-state index is 12.8. The van der Waals surface area contributed by atoms with Gasteiger partial charge in [0.25, 0.3) is 0 Å². The summed E-state index contributed by atoms with van der Waals surface area (Å²) in [5, 5.41) is 3.75. The van der Waals surface area contributed by atoms with Crippen LogP contribution in [0.3, 0.4) is 0 Å². The van der Waals surface area contributed by atoms with E-state index in [4.69, 9.17) is 4.74 Å². The number of carbonyl (C=O) groups excluding carboxylic acids is 1. The molecule has 24 heavy (non-hydrogen) atoms. The zero-order chi connectivity index (χ0) is 17.9. The van der Waals surface area contributed by atoms with E-state index >= 15 is 0 Å². The minimum absolute atomic E-state index is 0.0603. The molecule has 1 aromatic carbocycles. The minimum atomic E-state index is -0.307. The molecule has 2 atom stereocenters. The van der Waals surface area contributed by atoms with Gasteiger partial charge >= 0.3 is 0 Å². The summed E-state index contributed by atoms with van der Waals surface area (Å²) in [7, 11) is 0. The van der Waals surface area contributed by atoms with Crippen LogP contribution in [0.25, 0.3) is 0 Å². The van der Waals surface area contributed by atoms with Crippen LogP contribution in [0.5, 0.6) is 5.75 Å². The van der Waals surface area contributed by atoms with Crippen LogP contribution in [-0.2, 0) is 11.2 Å². The summed E-state index contributed by atoms with van der Waals surface area (Å²) in [5.74, 6) is 1.83. The van der Waals surface area contributed by atoms with Crippen molar-refractivity contribution >= 4 is 17.5 Å². The van der Waals surface area contributed by atoms with E-state index in [1.807, 2.05) is 26.0 Å². The van der Waals surface area contributed by atoms with Crippen molar-refractivity contribution in [2.24, 2.45) is 11.8 Å². The summed E-state index contributed by atoms with van der Waals surface area (Å²) < 4.78 is 5.44. The number of ether oxygens (including phenoxy) is 1. The molecule has 3 nitrogen and oxygen atoms in total. The van der Waals surface area contributed by atoms with Gasteiger partial charge in [-0.15, -0.1) is 11.8 Å². The predicted octanol–water partition coefficient (Wildman–Crippen LogP) is 4.30. The van der Waals surface area contributed by atoms with E-state index in [1.54, 1.807) is 11.8 Å². The van der Waals surface area contributed by atoms with Crippen LogP contribution in [0.1, 0.15) is 47.1 Å². The van der Waals surface area contributed by atoms with E-state index in [2.05, 4.69) is 45.1 Å². The molecule has 1 N–H and O–H groups in total. The van der Waals surface area contributed by atoms with Crippen molar-refractivity contribution in [2.45, 2.75) is 64.1 Å². The van der Waals surface area contributed by atoms with E-state index in [-0.39, 0.29) is 16.0 Å². The third-order valence-electron chi connectivity index (χ3n) is 4.09. The average Bonchev–Trinajstić information content (AvgIpc) is 3.18. The van der Waals surface area contributed by atoms with Crippen molar-refractivity contribution in [3.63, 3.8) is 0 Å². The third-order valence-corrected chi connectivity index (χ3v) is 5.62. The van der Waals surface area contributed by atoms with Crippen LogP contribution >= 0.6 is 11.8 Å². The molecule has 134 valence electrons. The Kier molecular flexibility index (Phi) is 6.38. The quantitative estimate of drug-likeness (QED) is 0.675. The fourth-order valence-corrected chi connectivity index (χ4v) is 4.38. The lowest BCUT2D eigenvalue weighted by atomic mass is 9.89. The number of rotatable bonds is 9. The first-order valence-electron chi connectivity index (χ1n) is 8.94. The lowest BCUT2D eigenvalue weighted by Gasteiger charge is -2.18. The monoisotopic (exact) mass is 349 g/mol. The molecule has 0 aromatic heterocycles. The molecule has 1 saturated heterocycles. The second-order valence-corrected chi connectivity index (χ2v) is 9.19. The Morgan fingerprint density at radius 2 is 1.79 bits per heavy atom.